The third-order valence-corrected chi connectivity index (χ3v) is 10.2. The van der Waals surface area contributed by atoms with Crippen LogP contribution in [0.5, 0.6) is 0 Å². The van der Waals surface area contributed by atoms with E-state index in [0.717, 1.165) is 49.4 Å². The molecule has 0 heterocycles. The van der Waals surface area contributed by atoms with E-state index in [1.54, 1.807) is 5.57 Å². The molecule has 2 unspecified atom stereocenters. The molecule has 3 fully saturated rings. The minimum atomic E-state index is -0.144. The first-order chi connectivity index (χ1) is 14.7. The highest BCUT2D eigenvalue weighted by Gasteiger charge is 2.59. The predicted octanol–water partition coefficient (Wildman–Crippen LogP) is 6.09. The summed E-state index contributed by atoms with van der Waals surface area (Å²) < 4.78 is 10.5. The molecule has 0 saturated heterocycles. The molecule has 0 aliphatic heterocycles. The Hall–Kier alpha value is -1.32. The molecule has 4 rings (SSSR count). The number of carbonyl (C=O) groups is 2. The van der Waals surface area contributed by atoms with E-state index in [4.69, 9.17) is 9.47 Å². The van der Waals surface area contributed by atoms with Crippen molar-refractivity contribution >= 4 is 11.9 Å². The van der Waals surface area contributed by atoms with E-state index in [1.807, 2.05) is 0 Å². The molecule has 31 heavy (non-hydrogen) atoms. The van der Waals surface area contributed by atoms with E-state index < -0.39 is 0 Å². The molecule has 0 aromatic carbocycles. The molecule has 174 valence electrons. The maximum absolute atomic E-state index is 11.7. The summed E-state index contributed by atoms with van der Waals surface area (Å²) in [7, 11) is 1.49. The second kappa shape index (κ2) is 8.56. The summed E-state index contributed by atoms with van der Waals surface area (Å²) in [5.41, 5.74) is 2.26. The van der Waals surface area contributed by atoms with Gasteiger partial charge in [-0.05, 0) is 91.8 Å². The van der Waals surface area contributed by atoms with Crippen molar-refractivity contribution in [2.45, 2.75) is 98.0 Å². The maximum atomic E-state index is 11.7. The first-order valence-corrected chi connectivity index (χ1v) is 12.6. The van der Waals surface area contributed by atoms with Crippen LogP contribution in [0.2, 0.25) is 0 Å². The highest BCUT2D eigenvalue weighted by molar-refractivity contribution is 5.69. The minimum absolute atomic E-state index is 0.0718. The van der Waals surface area contributed by atoms with E-state index in [1.165, 1.54) is 46.1 Å². The first kappa shape index (κ1) is 22.9. The maximum Gasteiger partial charge on any atom is 0.305 e. The van der Waals surface area contributed by atoms with Crippen molar-refractivity contribution in [3.8, 4) is 0 Å². The number of ether oxygens (including phenoxy) is 2. The van der Waals surface area contributed by atoms with Gasteiger partial charge in [0.25, 0.3) is 0 Å². The number of hydrogen-bond donors (Lipinski definition) is 0. The number of methoxy groups -OCH3 is 1. The number of esters is 2. The van der Waals surface area contributed by atoms with Gasteiger partial charge >= 0.3 is 11.9 Å². The van der Waals surface area contributed by atoms with E-state index in [9.17, 15) is 9.59 Å². The van der Waals surface area contributed by atoms with E-state index in [0.29, 0.717) is 17.8 Å². The van der Waals surface area contributed by atoms with Crippen molar-refractivity contribution in [2.75, 3.05) is 7.11 Å². The molecule has 8 atom stereocenters. The number of rotatable bonds is 5. The molecule has 3 saturated carbocycles. The number of fused-ring (bicyclic) bond motifs is 5. The molecular weight excluding hydrogens is 388 g/mol. The van der Waals surface area contributed by atoms with Crippen LogP contribution < -0.4 is 0 Å². The lowest BCUT2D eigenvalue weighted by Gasteiger charge is -2.58. The van der Waals surface area contributed by atoms with Crippen LogP contribution in [0.15, 0.2) is 11.6 Å². The SMILES string of the molecule is COC(=O)CCC(C)[C@H]1CC[C@H]2[C@@H]3CC=C4CC(OC(C)=O)CC[C@]4(C)[C@H]3CC[C@]12C. The lowest BCUT2D eigenvalue weighted by molar-refractivity contribution is -0.148. The van der Waals surface area contributed by atoms with Crippen molar-refractivity contribution in [3.05, 3.63) is 11.6 Å². The molecule has 4 heteroatoms. The van der Waals surface area contributed by atoms with Gasteiger partial charge in [0.15, 0.2) is 0 Å². The van der Waals surface area contributed by atoms with Gasteiger partial charge in [-0.25, -0.2) is 0 Å². The molecule has 4 aliphatic carbocycles. The molecule has 0 N–H and O–H groups in total. The topological polar surface area (TPSA) is 52.6 Å². The molecule has 0 radical (unpaired) electrons. The van der Waals surface area contributed by atoms with Crippen LogP contribution in [0.1, 0.15) is 91.9 Å². The summed E-state index contributed by atoms with van der Waals surface area (Å²) in [5, 5.41) is 0. The molecule has 0 bridgehead atoms. The zero-order valence-corrected chi connectivity index (χ0v) is 20.2. The predicted molar refractivity (Wildman–Crippen MR) is 121 cm³/mol. The van der Waals surface area contributed by atoms with Crippen LogP contribution in [-0.2, 0) is 19.1 Å². The van der Waals surface area contributed by atoms with E-state index in [2.05, 4.69) is 26.8 Å². The number of allylic oxidation sites excluding steroid dienone is 1. The monoisotopic (exact) mass is 430 g/mol. The van der Waals surface area contributed by atoms with Gasteiger partial charge < -0.3 is 9.47 Å². The highest BCUT2D eigenvalue weighted by atomic mass is 16.5. The van der Waals surface area contributed by atoms with Crippen LogP contribution in [0.4, 0.5) is 0 Å². The fourth-order valence-electron chi connectivity index (χ4n) is 8.59. The molecule has 0 aromatic heterocycles. The summed E-state index contributed by atoms with van der Waals surface area (Å²) in [6.07, 6.45) is 13.7. The fraction of sp³-hybridized carbons (Fsp3) is 0.852. The molecular formula is C27H42O4. The van der Waals surface area contributed by atoms with Crippen molar-refractivity contribution in [1.82, 2.24) is 0 Å². The number of hydrogen-bond acceptors (Lipinski definition) is 4. The van der Waals surface area contributed by atoms with Crippen molar-refractivity contribution in [1.29, 1.82) is 0 Å². The first-order valence-electron chi connectivity index (χ1n) is 12.6. The smallest absolute Gasteiger partial charge is 0.305 e. The van der Waals surface area contributed by atoms with Gasteiger partial charge in [0.2, 0.25) is 0 Å². The summed E-state index contributed by atoms with van der Waals surface area (Å²) in [5.74, 6) is 3.45. The Bertz CT molecular complexity index is 742. The lowest BCUT2D eigenvalue weighted by Crippen LogP contribution is -2.51. The van der Waals surface area contributed by atoms with Crippen molar-refractivity contribution in [3.63, 3.8) is 0 Å². The summed E-state index contributed by atoms with van der Waals surface area (Å²) >= 11 is 0. The van der Waals surface area contributed by atoms with Crippen molar-refractivity contribution < 1.29 is 19.1 Å². The van der Waals surface area contributed by atoms with Gasteiger partial charge in [0, 0.05) is 19.8 Å². The molecule has 0 spiro atoms. The average Bonchev–Trinajstić information content (AvgIpc) is 3.09. The third kappa shape index (κ3) is 3.97. The van der Waals surface area contributed by atoms with Crippen LogP contribution in [0.25, 0.3) is 0 Å². The number of carbonyl (C=O) groups excluding carboxylic acids is 2. The van der Waals surface area contributed by atoms with Crippen molar-refractivity contribution in [2.24, 2.45) is 40.4 Å². The second-order valence-corrected chi connectivity index (χ2v) is 11.6. The summed E-state index contributed by atoms with van der Waals surface area (Å²) in [4.78, 5) is 23.1. The Labute approximate surface area is 188 Å². The largest absolute Gasteiger partial charge is 0.469 e. The quantitative estimate of drug-likeness (QED) is 0.391. The fourth-order valence-corrected chi connectivity index (χ4v) is 8.59. The Morgan fingerprint density at radius 1 is 1.13 bits per heavy atom. The zero-order valence-electron chi connectivity index (χ0n) is 20.2. The summed E-state index contributed by atoms with van der Waals surface area (Å²) in [6, 6.07) is 0. The van der Waals surface area contributed by atoms with Crippen LogP contribution in [0.3, 0.4) is 0 Å². The second-order valence-electron chi connectivity index (χ2n) is 11.6. The zero-order chi connectivity index (χ0) is 22.4. The van der Waals surface area contributed by atoms with E-state index >= 15 is 0 Å². The van der Waals surface area contributed by atoms with Crippen LogP contribution in [0, 0.1) is 40.4 Å². The van der Waals surface area contributed by atoms with Gasteiger partial charge in [-0.15, -0.1) is 0 Å². The van der Waals surface area contributed by atoms with Gasteiger partial charge in [0.1, 0.15) is 6.10 Å². The Morgan fingerprint density at radius 3 is 2.61 bits per heavy atom. The Kier molecular flexibility index (Phi) is 6.31. The lowest BCUT2D eigenvalue weighted by atomic mass is 9.47. The van der Waals surface area contributed by atoms with Gasteiger partial charge in [-0.2, -0.15) is 0 Å². The van der Waals surface area contributed by atoms with Gasteiger partial charge in [-0.1, -0.05) is 32.4 Å². The van der Waals surface area contributed by atoms with Gasteiger partial charge in [0.05, 0.1) is 7.11 Å². The Balaban J connectivity index is 1.48. The molecule has 0 aromatic rings. The third-order valence-electron chi connectivity index (χ3n) is 10.2. The van der Waals surface area contributed by atoms with E-state index in [-0.39, 0.29) is 23.5 Å². The minimum Gasteiger partial charge on any atom is -0.469 e. The normalized spacial score (nSPS) is 42.5. The Morgan fingerprint density at radius 2 is 1.90 bits per heavy atom. The standard InChI is InChI=1S/C27H42O4/c1-17(6-11-25(29)30-5)22-9-10-23-21-8-7-19-16-20(31-18(2)28)12-14-26(19,3)24(21)13-15-27(22,23)4/h7,17,20-24H,6,8-16H2,1-5H3/t17?,20?,21-,22+,23-,24-,26-,27+/m0/s1. The molecule has 4 nitrogen and oxygen atoms in total. The molecule has 0 amide bonds. The van der Waals surface area contributed by atoms with Crippen LogP contribution >= 0.6 is 0 Å². The average molecular weight is 431 g/mol. The van der Waals surface area contributed by atoms with Gasteiger partial charge in [-0.3, -0.25) is 9.59 Å². The molecule has 4 aliphatic rings. The highest BCUT2D eigenvalue weighted by Crippen LogP contribution is 2.67. The summed E-state index contributed by atoms with van der Waals surface area (Å²) in [6.45, 7) is 8.97. The van der Waals surface area contributed by atoms with Crippen LogP contribution in [-0.4, -0.2) is 25.2 Å².